The van der Waals surface area contributed by atoms with Crippen LogP contribution in [0.1, 0.15) is 51.8 Å². The van der Waals surface area contributed by atoms with Gasteiger partial charge < -0.3 is 5.32 Å². The summed E-state index contributed by atoms with van der Waals surface area (Å²) in [7, 11) is 0. The van der Waals surface area contributed by atoms with E-state index in [1.54, 1.807) is 0 Å². The van der Waals surface area contributed by atoms with Crippen LogP contribution in [-0.2, 0) is 5.41 Å². The maximum Gasteiger partial charge on any atom is 0.0474 e. The van der Waals surface area contributed by atoms with Gasteiger partial charge in [-0.05, 0) is 29.6 Å². The highest BCUT2D eigenvalue weighted by Crippen LogP contribution is 2.27. The molecule has 1 fully saturated rings. The van der Waals surface area contributed by atoms with Gasteiger partial charge in [0, 0.05) is 38.8 Å². The molecule has 3 heteroatoms. The number of rotatable bonds is 6. The predicted molar refractivity (Wildman–Crippen MR) is 100 cm³/mol. The summed E-state index contributed by atoms with van der Waals surface area (Å²) in [5.74, 6) is 0. The van der Waals surface area contributed by atoms with Crippen LogP contribution < -0.4 is 5.32 Å². The molecular weight excluding hydrogens is 282 g/mol. The molecule has 0 saturated carbocycles. The van der Waals surface area contributed by atoms with Crippen LogP contribution in [0.3, 0.4) is 0 Å². The topological polar surface area (TPSA) is 18.5 Å². The number of benzene rings is 1. The molecule has 1 saturated heterocycles. The minimum absolute atomic E-state index is 0.224. The van der Waals surface area contributed by atoms with Gasteiger partial charge in [0.05, 0.1) is 0 Å². The van der Waals surface area contributed by atoms with Crippen LogP contribution in [-0.4, -0.2) is 55.6 Å². The minimum atomic E-state index is 0.224. The van der Waals surface area contributed by atoms with Gasteiger partial charge >= 0.3 is 0 Å². The molecule has 1 aliphatic heterocycles. The van der Waals surface area contributed by atoms with Crippen molar-refractivity contribution in [2.24, 2.45) is 0 Å². The zero-order valence-electron chi connectivity index (χ0n) is 15.7. The molecule has 0 radical (unpaired) electrons. The van der Waals surface area contributed by atoms with Crippen molar-refractivity contribution < 1.29 is 0 Å². The molecular formula is C20H35N3. The lowest BCUT2D eigenvalue weighted by Gasteiger charge is -2.36. The number of nitrogens with one attached hydrogen (secondary N) is 1. The lowest BCUT2D eigenvalue weighted by Crippen LogP contribution is -2.47. The van der Waals surface area contributed by atoms with Gasteiger partial charge in [-0.1, -0.05) is 58.9 Å². The van der Waals surface area contributed by atoms with Gasteiger partial charge in [-0.25, -0.2) is 0 Å². The van der Waals surface area contributed by atoms with Crippen molar-refractivity contribution in [1.82, 2.24) is 15.1 Å². The standard InChI is InChI=1S/C20H35N3/c1-6-23(7-2)19(16-22-14-12-21-13-15-22)17-8-10-18(11-9-17)20(3,4)5/h8-11,19,21H,6-7,12-16H2,1-5H3. The van der Waals surface area contributed by atoms with Crippen LogP contribution in [0.4, 0.5) is 0 Å². The Hall–Kier alpha value is -0.900. The molecule has 0 aromatic heterocycles. The first-order chi connectivity index (χ1) is 11.0. The highest BCUT2D eigenvalue weighted by atomic mass is 15.2. The second-order valence-electron chi connectivity index (χ2n) is 7.66. The molecule has 0 aliphatic carbocycles. The maximum absolute atomic E-state index is 3.45. The van der Waals surface area contributed by atoms with Crippen LogP contribution >= 0.6 is 0 Å². The molecule has 0 bridgehead atoms. The molecule has 0 amide bonds. The molecule has 1 aromatic carbocycles. The van der Waals surface area contributed by atoms with Gasteiger partial charge in [-0.2, -0.15) is 0 Å². The molecule has 1 N–H and O–H groups in total. The van der Waals surface area contributed by atoms with E-state index in [0.717, 1.165) is 45.8 Å². The Balaban J connectivity index is 2.18. The quantitative estimate of drug-likeness (QED) is 0.869. The van der Waals surface area contributed by atoms with Gasteiger partial charge in [-0.15, -0.1) is 0 Å². The average molecular weight is 318 g/mol. The fourth-order valence-electron chi connectivity index (χ4n) is 3.44. The summed E-state index contributed by atoms with van der Waals surface area (Å²) in [5, 5.41) is 3.45. The van der Waals surface area contributed by atoms with E-state index in [1.807, 2.05) is 0 Å². The molecule has 1 unspecified atom stereocenters. The lowest BCUT2D eigenvalue weighted by atomic mass is 9.86. The van der Waals surface area contributed by atoms with Gasteiger partial charge in [0.15, 0.2) is 0 Å². The van der Waals surface area contributed by atoms with Crippen molar-refractivity contribution in [2.45, 2.75) is 46.1 Å². The van der Waals surface area contributed by atoms with Crippen molar-refractivity contribution in [1.29, 1.82) is 0 Å². The highest BCUT2D eigenvalue weighted by molar-refractivity contribution is 5.29. The summed E-state index contributed by atoms with van der Waals surface area (Å²) in [6.07, 6.45) is 0. The van der Waals surface area contributed by atoms with E-state index in [2.05, 4.69) is 74.0 Å². The van der Waals surface area contributed by atoms with Crippen LogP contribution in [0.15, 0.2) is 24.3 Å². The third-order valence-corrected chi connectivity index (χ3v) is 5.06. The van der Waals surface area contributed by atoms with Crippen molar-refractivity contribution in [2.75, 3.05) is 45.8 Å². The fraction of sp³-hybridized carbons (Fsp3) is 0.700. The van der Waals surface area contributed by atoms with E-state index in [1.165, 1.54) is 11.1 Å². The Morgan fingerprint density at radius 3 is 2.09 bits per heavy atom. The second kappa shape index (κ2) is 8.27. The van der Waals surface area contributed by atoms with Gasteiger partial charge in [0.25, 0.3) is 0 Å². The Bertz CT molecular complexity index is 451. The van der Waals surface area contributed by atoms with Gasteiger partial charge in [0.1, 0.15) is 0 Å². The van der Waals surface area contributed by atoms with E-state index < -0.39 is 0 Å². The Labute approximate surface area is 143 Å². The zero-order chi connectivity index (χ0) is 16.9. The summed E-state index contributed by atoms with van der Waals surface area (Å²) < 4.78 is 0. The zero-order valence-corrected chi connectivity index (χ0v) is 15.7. The summed E-state index contributed by atoms with van der Waals surface area (Å²) in [6, 6.07) is 9.85. The monoisotopic (exact) mass is 317 g/mol. The Kier molecular flexibility index (Phi) is 6.63. The molecule has 1 aromatic rings. The number of nitrogens with zero attached hydrogens (tertiary/aromatic N) is 2. The number of likely N-dealkylation sites (N-methyl/N-ethyl adjacent to an activating group) is 1. The first-order valence-corrected chi connectivity index (χ1v) is 9.23. The van der Waals surface area contributed by atoms with Crippen LogP contribution in [0.2, 0.25) is 0 Å². The third kappa shape index (κ3) is 5.03. The van der Waals surface area contributed by atoms with E-state index in [-0.39, 0.29) is 5.41 Å². The number of piperazine rings is 1. The molecule has 1 heterocycles. The van der Waals surface area contributed by atoms with Gasteiger partial charge in [0.2, 0.25) is 0 Å². The summed E-state index contributed by atoms with van der Waals surface area (Å²) in [4.78, 5) is 5.20. The molecule has 130 valence electrons. The van der Waals surface area contributed by atoms with Crippen LogP contribution in [0.25, 0.3) is 0 Å². The first-order valence-electron chi connectivity index (χ1n) is 9.23. The van der Waals surface area contributed by atoms with Gasteiger partial charge in [-0.3, -0.25) is 9.80 Å². The van der Waals surface area contributed by atoms with E-state index >= 15 is 0 Å². The van der Waals surface area contributed by atoms with E-state index in [9.17, 15) is 0 Å². The SMILES string of the molecule is CCN(CC)C(CN1CCNCC1)c1ccc(C(C)(C)C)cc1. The average Bonchev–Trinajstić information content (AvgIpc) is 2.55. The molecule has 1 aliphatic rings. The Morgan fingerprint density at radius 2 is 1.61 bits per heavy atom. The summed E-state index contributed by atoms with van der Waals surface area (Å²) >= 11 is 0. The number of hydrogen-bond acceptors (Lipinski definition) is 3. The highest BCUT2D eigenvalue weighted by Gasteiger charge is 2.23. The largest absolute Gasteiger partial charge is 0.314 e. The Morgan fingerprint density at radius 1 is 1.04 bits per heavy atom. The van der Waals surface area contributed by atoms with E-state index in [4.69, 9.17) is 0 Å². The van der Waals surface area contributed by atoms with Crippen LogP contribution in [0.5, 0.6) is 0 Å². The van der Waals surface area contributed by atoms with Crippen molar-refractivity contribution in [3.63, 3.8) is 0 Å². The lowest BCUT2D eigenvalue weighted by molar-refractivity contribution is 0.138. The maximum atomic E-state index is 3.45. The van der Waals surface area contributed by atoms with Crippen LogP contribution in [0, 0.1) is 0 Å². The minimum Gasteiger partial charge on any atom is -0.314 e. The summed E-state index contributed by atoms with van der Waals surface area (Å²) in [6.45, 7) is 19.3. The molecule has 1 atom stereocenters. The van der Waals surface area contributed by atoms with Crippen molar-refractivity contribution in [3.8, 4) is 0 Å². The number of hydrogen-bond donors (Lipinski definition) is 1. The fourth-order valence-corrected chi connectivity index (χ4v) is 3.44. The van der Waals surface area contributed by atoms with Crippen molar-refractivity contribution in [3.05, 3.63) is 35.4 Å². The third-order valence-electron chi connectivity index (χ3n) is 5.06. The molecule has 23 heavy (non-hydrogen) atoms. The first kappa shape index (κ1) is 18.4. The van der Waals surface area contributed by atoms with Crippen molar-refractivity contribution >= 4 is 0 Å². The molecule has 3 nitrogen and oxygen atoms in total. The summed E-state index contributed by atoms with van der Waals surface area (Å²) in [5.41, 5.74) is 3.10. The predicted octanol–water partition coefficient (Wildman–Crippen LogP) is 3.27. The molecule has 0 spiro atoms. The smallest absolute Gasteiger partial charge is 0.0474 e. The van der Waals surface area contributed by atoms with E-state index in [0.29, 0.717) is 6.04 Å². The second-order valence-corrected chi connectivity index (χ2v) is 7.66. The molecule has 2 rings (SSSR count). The normalized spacial score (nSPS) is 18.3.